The summed E-state index contributed by atoms with van der Waals surface area (Å²) in [6, 6.07) is 2.18. The predicted octanol–water partition coefficient (Wildman–Crippen LogP) is 3.29. The normalized spacial score (nSPS) is 11.7. The highest BCUT2D eigenvalue weighted by Gasteiger charge is 2.34. The van der Waals surface area contributed by atoms with Crippen molar-refractivity contribution in [3.8, 4) is 0 Å². The van der Waals surface area contributed by atoms with Gasteiger partial charge in [-0.3, -0.25) is 9.48 Å². The number of aryl methyl sites for hydroxylation is 1. The Bertz CT molecular complexity index is 646. The van der Waals surface area contributed by atoms with Gasteiger partial charge in [0.25, 0.3) is 0 Å². The molecule has 0 atom stereocenters. The number of carbonyl (C=O) groups is 1. The quantitative estimate of drug-likeness (QED) is 0.641. The number of rotatable bonds is 3. The number of benzene rings is 1. The number of nitrogens with zero attached hydrogens (tertiary/aromatic N) is 2. The Morgan fingerprint density at radius 2 is 2.00 bits per heavy atom. The zero-order valence-electron chi connectivity index (χ0n) is 10.4. The summed E-state index contributed by atoms with van der Waals surface area (Å²) in [5.41, 5.74) is -1.52. The van der Waals surface area contributed by atoms with E-state index in [1.807, 2.05) is 0 Å². The third-order valence-electron chi connectivity index (χ3n) is 2.75. The van der Waals surface area contributed by atoms with Gasteiger partial charge in [-0.05, 0) is 25.1 Å². The molecule has 0 aliphatic heterocycles. The molecule has 3 nitrogen and oxygen atoms in total. The fourth-order valence-electron chi connectivity index (χ4n) is 1.70. The molecule has 1 aromatic carbocycles. The van der Waals surface area contributed by atoms with E-state index in [4.69, 9.17) is 0 Å². The van der Waals surface area contributed by atoms with Crippen molar-refractivity contribution < 1.29 is 22.4 Å². The van der Waals surface area contributed by atoms with Crippen LogP contribution in [0.4, 0.5) is 17.6 Å². The van der Waals surface area contributed by atoms with Gasteiger partial charge in [0.1, 0.15) is 5.82 Å². The van der Waals surface area contributed by atoms with Crippen molar-refractivity contribution in [2.45, 2.75) is 19.6 Å². The number of aromatic nitrogens is 2. The molecule has 0 saturated heterocycles. The Labute approximate surface area is 111 Å². The Morgan fingerprint density at radius 1 is 1.30 bits per heavy atom. The van der Waals surface area contributed by atoms with Gasteiger partial charge in [0.15, 0.2) is 5.78 Å². The van der Waals surface area contributed by atoms with Gasteiger partial charge < -0.3 is 0 Å². The molecule has 0 radical (unpaired) electrons. The molecule has 0 saturated carbocycles. The largest absolute Gasteiger partial charge is 0.419 e. The molecule has 2 aromatic rings. The number of hydrogen-bond donors (Lipinski definition) is 0. The number of halogens is 4. The lowest BCUT2D eigenvalue weighted by molar-refractivity contribution is -0.140. The first-order valence-electron chi connectivity index (χ1n) is 5.77. The van der Waals surface area contributed by atoms with Crippen LogP contribution in [0.5, 0.6) is 0 Å². The minimum Gasteiger partial charge on any atom is -0.288 e. The summed E-state index contributed by atoms with van der Waals surface area (Å²) in [6.45, 7) is 2.34. The molecule has 0 N–H and O–H groups in total. The number of hydrogen-bond acceptors (Lipinski definition) is 2. The lowest BCUT2D eigenvalue weighted by Gasteiger charge is -2.09. The van der Waals surface area contributed by atoms with Crippen molar-refractivity contribution in [3.05, 3.63) is 53.1 Å². The highest BCUT2D eigenvalue weighted by molar-refractivity contribution is 6.08. The summed E-state index contributed by atoms with van der Waals surface area (Å²) in [7, 11) is 0. The number of alkyl halides is 3. The van der Waals surface area contributed by atoms with E-state index in [2.05, 4.69) is 5.10 Å². The van der Waals surface area contributed by atoms with Gasteiger partial charge in [-0.2, -0.15) is 18.3 Å². The molecule has 0 bridgehead atoms. The minimum atomic E-state index is -4.84. The monoisotopic (exact) mass is 286 g/mol. The van der Waals surface area contributed by atoms with Crippen molar-refractivity contribution in [2.75, 3.05) is 0 Å². The zero-order chi connectivity index (χ0) is 14.9. The molecule has 1 aromatic heterocycles. The standard InChI is InChI=1S/C13H10F4N2O/c1-2-19-7-9(6-18-19)12(20)8-3-4-11(14)10(5-8)13(15,16)17/h3-7H,2H2,1H3. The van der Waals surface area contributed by atoms with Crippen molar-refractivity contribution in [1.82, 2.24) is 9.78 Å². The third-order valence-corrected chi connectivity index (χ3v) is 2.75. The van der Waals surface area contributed by atoms with E-state index >= 15 is 0 Å². The lowest BCUT2D eigenvalue weighted by Crippen LogP contribution is -2.10. The van der Waals surface area contributed by atoms with Crippen LogP contribution in [0.1, 0.15) is 28.4 Å². The average Bonchev–Trinajstić information content (AvgIpc) is 2.86. The van der Waals surface area contributed by atoms with Crippen LogP contribution >= 0.6 is 0 Å². The first kappa shape index (κ1) is 14.2. The maximum Gasteiger partial charge on any atom is 0.419 e. The van der Waals surface area contributed by atoms with Crippen LogP contribution in [0.25, 0.3) is 0 Å². The Hall–Kier alpha value is -2.18. The van der Waals surface area contributed by atoms with Gasteiger partial charge in [0.2, 0.25) is 0 Å². The van der Waals surface area contributed by atoms with Crippen LogP contribution in [0, 0.1) is 5.82 Å². The highest BCUT2D eigenvalue weighted by Crippen LogP contribution is 2.32. The number of carbonyl (C=O) groups excluding carboxylic acids is 1. The van der Waals surface area contributed by atoms with Crippen molar-refractivity contribution in [3.63, 3.8) is 0 Å². The highest BCUT2D eigenvalue weighted by atomic mass is 19.4. The smallest absolute Gasteiger partial charge is 0.288 e. The predicted molar refractivity (Wildman–Crippen MR) is 62.7 cm³/mol. The molecule has 0 fully saturated rings. The second-order valence-corrected chi connectivity index (χ2v) is 4.11. The molecule has 106 valence electrons. The molecular formula is C13H10F4N2O. The fraction of sp³-hybridized carbons (Fsp3) is 0.231. The number of ketones is 1. The molecule has 0 amide bonds. The molecule has 0 unspecified atom stereocenters. The Morgan fingerprint density at radius 3 is 2.55 bits per heavy atom. The first-order valence-corrected chi connectivity index (χ1v) is 5.77. The second kappa shape index (κ2) is 5.07. The van der Waals surface area contributed by atoms with Crippen LogP contribution in [-0.2, 0) is 12.7 Å². The Balaban J connectivity index is 2.40. The van der Waals surface area contributed by atoms with Crippen LogP contribution in [-0.4, -0.2) is 15.6 Å². The minimum absolute atomic E-state index is 0.159. The van der Waals surface area contributed by atoms with Crippen LogP contribution in [0.2, 0.25) is 0 Å². The Kier molecular flexibility index (Phi) is 3.61. The average molecular weight is 286 g/mol. The van der Waals surface area contributed by atoms with E-state index in [1.54, 1.807) is 6.92 Å². The molecule has 7 heteroatoms. The van der Waals surface area contributed by atoms with Gasteiger partial charge in [-0.25, -0.2) is 4.39 Å². The second-order valence-electron chi connectivity index (χ2n) is 4.11. The molecule has 20 heavy (non-hydrogen) atoms. The van der Waals surface area contributed by atoms with Crippen LogP contribution in [0.3, 0.4) is 0 Å². The zero-order valence-corrected chi connectivity index (χ0v) is 10.4. The van der Waals surface area contributed by atoms with Crippen molar-refractivity contribution in [2.24, 2.45) is 0 Å². The van der Waals surface area contributed by atoms with E-state index < -0.39 is 23.3 Å². The van der Waals surface area contributed by atoms with Gasteiger partial charge in [-0.15, -0.1) is 0 Å². The van der Waals surface area contributed by atoms with E-state index in [-0.39, 0.29) is 11.1 Å². The molecule has 2 rings (SSSR count). The summed E-state index contributed by atoms with van der Waals surface area (Å²) in [6.07, 6.45) is -2.14. The fourth-order valence-corrected chi connectivity index (χ4v) is 1.70. The van der Waals surface area contributed by atoms with E-state index in [1.165, 1.54) is 17.1 Å². The molecule has 1 heterocycles. The van der Waals surface area contributed by atoms with E-state index in [0.717, 1.165) is 6.07 Å². The van der Waals surface area contributed by atoms with Crippen LogP contribution < -0.4 is 0 Å². The van der Waals surface area contributed by atoms with Gasteiger partial charge in [0, 0.05) is 18.3 Å². The van der Waals surface area contributed by atoms with Gasteiger partial charge in [0.05, 0.1) is 17.3 Å². The van der Waals surface area contributed by atoms with E-state index in [9.17, 15) is 22.4 Å². The van der Waals surface area contributed by atoms with Crippen molar-refractivity contribution in [1.29, 1.82) is 0 Å². The van der Waals surface area contributed by atoms with E-state index in [0.29, 0.717) is 18.7 Å². The SMILES string of the molecule is CCn1cc(C(=O)c2ccc(F)c(C(F)(F)F)c2)cn1. The summed E-state index contributed by atoms with van der Waals surface area (Å²) in [5, 5.41) is 3.87. The first-order chi connectivity index (χ1) is 9.32. The summed E-state index contributed by atoms with van der Waals surface area (Å²) < 4.78 is 52.4. The van der Waals surface area contributed by atoms with Crippen LogP contribution in [0.15, 0.2) is 30.6 Å². The van der Waals surface area contributed by atoms with Gasteiger partial charge in [-0.1, -0.05) is 0 Å². The van der Waals surface area contributed by atoms with Gasteiger partial charge >= 0.3 is 6.18 Å². The molecule has 0 spiro atoms. The topological polar surface area (TPSA) is 34.9 Å². The maximum absolute atomic E-state index is 13.1. The summed E-state index contributed by atoms with van der Waals surface area (Å²) in [4.78, 5) is 12.0. The molecule has 0 aliphatic carbocycles. The summed E-state index contributed by atoms with van der Waals surface area (Å²) in [5.74, 6) is -2.03. The third kappa shape index (κ3) is 2.71. The van der Waals surface area contributed by atoms with Crippen molar-refractivity contribution >= 4 is 5.78 Å². The molecule has 0 aliphatic rings. The molecular weight excluding hydrogens is 276 g/mol. The lowest BCUT2D eigenvalue weighted by atomic mass is 10.0. The maximum atomic E-state index is 13.1. The summed E-state index contributed by atoms with van der Waals surface area (Å²) >= 11 is 0.